The zero-order valence-corrected chi connectivity index (χ0v) is 9.36. The number of hydrogen-bond donors (Lipinski definition) is 1. The van der Waals surface area contributed by atoms with Crippen molar-refractivity contribution in [3.05, 3.63) is 0 Å². The van der Waals surface area contributed by atoms with E-state index in [1.54, 1.807) is 0 Å². The van der Waals surface area contributed by atoms with E-state index in [9.17, 15) is 9.59 Å². The Morgan fingerprint density at radius 1 is 1.69 bits per heavy atom. The Hall–Kier alpha value is -0.330. The molecule has 1 amide bonds. The van der Waals surface area contributed by atoms with Crippen LogP contribution in [0.4, 0.5) is 0 Å². The fourth-order valence-corrected chi connectivity index (χ4v) is 1.84. The second-order valence-electron chi connectivity index (χ2n) is 3.02. The first-order valence-corrected chi connectivity index (χ1v) is 5.77. The van der Waals surface area contributed by atoms with E-state index >= 15 is 0 Å². The topological polar surface area (TPSA) is 57.6 Å². The number of carbonyl (C=O) groups is 2. The number of hydrogen-bond acceptors (Lipinski definition) is 2. The average molecular weight is 297 g/mol. The van der Waals surface area contributed by atoms with Gasteiger partial charge in [-0.2, -0.15) is 0 Å². The van der Waals surface area contributed by atoms with Crippen molar-refractivity contribution >= 4 is 34.5 Å². The molecule has 1 unspecified atom stereocenters. The predicted octanol–water partition coefficient (Wildman–Crippen LogP) is 0.887. The molecular formula is C8H12INO3. The Morgan fingerprint density at radius 2 is 2.38 bits per heavy atom. The molecule has 1 atom stereocenters. The van der Waals surface area contributed by atoms with Gasteiger partial charge in [0.25, 0.3) is 0 Å². The largest absolute Gasteiger partial charge is 0.480 e. The van der Waals surface area contributed by atoms with Crippen LogP contribution in [0.3, 0.4) is 0 Å². The molecule has 5 heteroatoms. The number of carboxylic acid groups (broad SMARTS) is 1. The number of amides is 1. The Balaban J connectivity index is 2.55. The summed E-state index contributed by atoms with van der Waals surface area (Å²) in [6, 6.07) is -0.574. The number of aliphatic carboxylic acids is 1. The molecule has 1 saturated heterocycles. The zero-order chi connectivity index (χ0) is 9.84. The van der Waals surface area contributed by atoms with Gasteiger partial charge in [-0.3, -0.25) is 4.79 Å². The summed E-state index contributed by atoms with van der Waals surface area (Å²) in [6.07, 6.45) is 1.73. The first-order valence-electron chi connectivity index (χ1n) is 4.25. The van der Waals surface area contributed by atoms with Crippen LogP contribution in [0.5, 0.6) is 0 Å². The third-order valence-electron chi connectivity index (χ3n) is 2.15. The maximum Gasteiger partial charge on any atom is 0.326 e. The quantitative estimate of drug-likeness (QED) is 0.619. The molecular weight excluding hydrogens is 285 g/mol. The first kappa shape index (κ1) is 10.7. The van der Waals surface area contributed by atoms with Gasteiger partial charge >= 0.3 is 5.97 Å². The molecule has 1 aliphatic heterocycles. The van der Waals surface area contributed by atoms with Gasteiger partial charge < -0.3 is 10.0 Å². The number of carboxylic acids is 1. The first-order chi connectivity index (χ1) is 6.16. The smallest absolute Gasteiger partial charge is 0.326 e. The van der Waals surface area contributed by atoms with E-state index in [0.29, 0.717) is 19.4 Å². The summed E-state index contributed by atoms with van der Waals surface area (Å²) in [5.74, 6) is -0.892. The molecule has 1 rings (SSSR count). The summed E-state index contributed by atoms with van der Waals surface area (Å²) >= 11 is 2.22. The molecule has 0 aliphatic carbocycles. The minimum atomic E-state index is -0.876. The lowest BCUT2D eigenvalue weighted by Gasteiger charge is -2.20. The molecule has 13 heavy (non-hydrogen) atoms. The minimum Gasteiger partial charge on any atom is -0.480 e. The number of nitrogens with zero attached hydrogens (tertiary/aromatic N) is 1. The lowest BCUT2D eigenvalue weighted by atomic mass is 10.2. The van der Waals surface area contributed by atoms with E-state index in [2.05, 4.69) is 22.6 Å². The number of likely N-dealkylation sites (tertiary alicyclic amines) is 1. The van der Waals surface area contributed by atoms with Gasteiger partial charge in [-0.05, 0) is 12.8 Å². The monoisotopic (exact) mass is 297 g/mol. The number of carbonyl (C=O) groups excluding carboxylic acids is 1. The molecule has 1 aliphatic rings. The summed E-state index contributed by atoms with van der Waals surface area (Å²) in [5.41, 5.74) is 0. The van der Waals surface area contributed by atoms with Crippen LogP contribution in [-0.2, 0) is 9.59 Å². The van der Waals surface area contributed by atoms with Crippen LogP contribution in [-0.4, -0.2) is 38.9 Å². The molecule has 0 saturated carbocycles. The summed E-state index contributed by atoms with van der Waals surface area (Å²) < 4.78 is 0.952. The van der Waals surface area contributed by atoms with Crippen LogP contribution < -0.4 is 0 Å². The molecule has 0 spiro atoms. The van der Waals surface area contributed by atoms with Gasteiger partial charge in [0.05, 0.1) is 0 Å². The second-order valence-corrected chi connectivity index (χ2v) is 4.10. The second kappa shape index (κ2) is 4.78. The van der Waals surface area contributed by atoms with Gasteiger partial charge in [-0.1, -0.05) is 22.6 Å². The average Bonchev–Trinajstić information content (AvgIpc) is 2.43. The SMILES string of the molecule is O=C(O)C1CCC(=O)N1CCCI. The lowest BCUT2D eigenvalue weighted by Crippen LogP contribution is -2.39. The van der Waals surface area contributed by atoms with Crippen molar-refractivity contribution < 1.29 is 14.7 Å². The molecule has 0 aromatic carbocycles. The Labute approximate surface area is 90.4 Å². The maximum atomic E-state index is 11.3. The Bertz CT molecular complexity index is 219. The van der Waals surface area contributed by atoms with Gasteiger partial charge in [0.15, 0.2) is 0 Å². The summed E-state index contributed by atoms with van der Waals surface area (Å²) in [5, 5.41) is 8.81. The lowest BCUT2D eigenvalue weighted by molar-refractivity contribution is -0.146. The van der Waals surface area contributed by atoms with Crippen LogP contribution in [0.1, 0.15) is 19.3 Å². The molecule has 4 nitrogen and oxygen atoms in total. The van der Waals surface area contributed by atoms with Crippen LogP contribution in [0.15, 0.2) is 0 Å². The van der Waals surface area contributed by atoms with Crippen LogP contribution in [0.25, 0.3) is 0 Å². The normalized spacial score (nSPS) is 22.4. The summed E-state index contributed by atoms with van der Waals surface area (Å²) in [4.78, 5) is 23.5. The van der Waals surface area contributed by atoms with Crippen molar-refractivity contribution in [1.82, 2.24) is 4.90 Å². The molecule has 1 heterocycles. The highest BCUT2D eigenvalue weighted by atomic mass is 127. The highest BCUT2D eigenvalue weighted by molar-refractivity contribution is 14.1. The van der Waals surface area contributed by atoms with E-state index in [-0.39, 0.29) is 5.91 Å². The maximum absolute atomic E-state index is 11.3. The van der Waals surface area contributed by atoms with Gasteiger partial charge in [-0.25, -0.2) is 4.79 Å². The fourth-order valence-electron chi connectivity index (χ4n) is 1.50. The fraction of sp³-hybridized carbons (Fsp3) is 0.750. The summed E-state index contributed by atoms with van der Waals surface area (Å²) in [7, 11) is 0. The molecule has 1 N–H and O–H groups in total. The zero-order valence-electron chi connectivity index (χ0n) is 7.20. The van der Waals surface area contributed by atoms with E-state index in [0.717, 1.165) is 10.8 Å². The Kier molecular flexibility index (Phi) is 3.95. The van der Waals surface area contributed by atoms with Crippen molar-refractivity contribution in [3.63, 3.8) is 0 Å². The van der Waals surface area contributed by atoms with Crippen molar-refractivity contribution in [2.24, 2.45) is 0 Å². The van der Waals surface area contributed by atoms with Gasteiger partial charge in [0, 0.05) is 17.4 Å². The van der Waals surface area contributed by atoms with Crippen molar-refractivity contribution in [3.8, 4) is 0 Å². The summed E-state index contributed by atoms with van der Waals surface area (Å²) in [6.45, 7) is 0.582. The number of halogens is 1. The molecule has 74 valence electrons. The van der Waals surface area contributed by atoms with Gasteiger partial charge in [0.1, 0.15) is 6.04 Å². The Morgan fingerprint density at radius 3 is 2.92 bits per heavy atom. The molecule has 0 radical (unpaired) electrons. The highest BCUT2D eigenvalue weighted by Crippen LogP contribution is 2.19. The van der Waals surface area contributed by atoms with Crippen LogP contribution in [0.2, 0.25) is 0 Å². The van der Waals surface area contributed by atoms with E-state index < -0.39 is 12.0 Å². The molecule has 0 aromatic heterocycles. The van der Waals surface area contributed by atoms with Gasteiger partial charge in [-0.15, -0.1) is 0 Å². The standard InChI is InChI=1S/C8H12INO3/c9-4-1-5-10-6(8(12)13)2-3-7(10)11/h6H,1-5H2,(H,12,13). The predicted molar refractivity (Wildman–Crippen MR) is 55.9 cm³/mol. The molecule has 1 fully saturated rings. The molecule has 0 bridgehead atoms. The number of alkyl halides is 1. The number of rotatable bonds is 4. The molecule has 0 aromatic rings. The minimum absolute atomic E-state index is 0.0164. The third kappa shape index (κ3) is 2.55. The van der Waals surface area contributed by atoms with Gasteiger partial charge in [0.2, 0.25) is 5.91 Å². The third-order valence-corrected chi connectivity index (χ3v) is 2.91. The van der Waals surface area contributed by atoms with Crippen LogP contribution >= 0.6 is 22.6 Å². The highest BCUT2D eigenvalue weighted by Gasteiger charge is 2.35. The van der Waals surface area contributed by atoms with Crippen LogP contribution in [0, 0.1) is 0 Å². The van der Waals surface area contributed by atoms with E-state index in [4.69, 9.17) is 5.11 Å². The van der Waals surface area contributed by atoms with E-state index in [1.165, 1.54) is 4.90 Å². The van der Waals surface area contributed by atoms with Crippen molar-refractivity contribution in [2.45, 2.75) is 25.3 Å². The van der Waals surface area contributed by atoms with Crippen molar-refractivity contribution in [2.75, 3.05) is 11.0 Å². The van der Waals surface area contributed by atoms with E-state index in [1.807, 2.05) is 0 Å². The van der Waals surface area contributed by atoms with Crippen molar-refractivity contribution in [1.29, 1.82) is 0 Å².